The standard InChI is InChI=1S/C17H25N3O2/c21-16-8-14-4-1-2-5-15(14)18-20(16)11-13-9-19(10-13)12-17(22)6-3-7-17/h8,13,22H,1-7,9-12H2. The Kier molecular flexibility index (Phi) is 3.57. The topological polar surface area (TPSA) is 58.4 Å². The van der Waals surface area contributed by atoms with Crippen molar-refractivity contribution in [1.82, 2.24) is 14.7 Å². The molecule has 5 heteroatoms. The van der Waals surface area contributed by atoms with E-state index in [4.69, 9.17) is 0 Å². The van der Waals surface area contributed by atoms with E-state index in [1.807, 2.05) is 0 Å². The number of aromatic nitrogens is 2. The molecule has 1 aromatic rings. The van der Waals surface area contributed by atoms with Crippen molar-refractivity contribution in [2.75, 3.05) is 19.6 Å². The Labute approximate surface area is 130 Å². The summed E-state index contributed by atoms with van der Waals surface area (Å²) in [5.74, 6) is 0.496. The van der Waals surface area contributed by atoms with E-state index in [1.54, 1.807) is 10.7 Å². The lowest BCUT2D eigenvalue weighted by molar-refractivity contribution is -0.0819. The van der Waals surface area contributed by atoms with Gasteiger partial charge in [0, 0.05) is 31.6 Å². The third kappa shape index (κ3) is 2.72. The highest BCUT2D eigenvalue weighted by atomic mass is 16.3. The molecule has 2 aliphatic carbocycles. The van der Waals surface area contributed by atoms with E-state index in [1.165, 1.54) is 12.8 Å². The first-order valence-corrected chi connectivity index (χ1v) is 8.66. The number of fused-ring (bicyclic) bond motifs is 1. The van der Waals surface area contributed by atoms with Crippen molar-refractivity contribution in [3.8, 4) is 0 Å². The van der Waals surface area contributed by atoms with E-state index >= 15 is 0 Å². The average Bonchev–Trinajstić information content (AvgIpc) is 2.43. The van der Waals surface area contributed by atoms with Crippen LogP contribution in [-0.2, 0) is 19.4 Å². The Bertz CT molecular complexity index is 615. The highest BCUT2D eigenvalue weighted by molar-refractivity contribution is 5.20. The minimum atomic E-state index is -0.425. The van der Waals surface area contributed by atoms with E-state index in [0.717, 1.165) is 69.5 Å². The zero-order valence-corrected chi connectivity index (χ0v) is 13.1. The molecule has 22 heavy (non-hydrogen) atoms. The van der Waals surface area contributed by atoms with Gasteiger partial charge in [-0.2, -0.15) is 5.10 Å². The zero-order valence-electron chi connectivity index (χ0n) is 13.1. The molecular weight excluding hydrogens is 278 g/mol. The highest BCUT2D eigenvalue weighted by Gasteiger charge is 2.39. The number of nitrogens with zero attached hydrogens (tertiary/aromatic N) is 3. The van der Waals surface area contributed by atoms with Crippen LogP contribution in [-0.4, -0.2) is 45.0 Å². The number of aryl methyl sites for hydroxylation is 2. The van der Waals surface area contributed by atoms with Crippen molar-refractivity contribution >= 4 is 0 Å². The van der Waals surface area contributed by atoms with Gasteiger partial charge in [0.1, 0.15) is 0 Å². The fourth-order valence-corrected chi connectivity index (χ4v) is 4.06. The predicted molar refractivity (Wildman–Crippen MR) is 83.9 cm³/mol. The molecule has 1 aromatic heterocycles. The molecule has 2 heterocycles. The van der Waals surface area contributed by atoms with E-state index in [9.17, 15) is 9.90 Å². The average molecular weight is 303 g/mol. The van der Waals surface area contributed by atoms with Crippen LogP contribution in [0.25, 0.3) is 0 Å². The van der Waals surface area contributed by atoms with Crippen LogP contribution in [0.4, 0.5) is 0 Å². The van der Waals surface area contributed by atoms with Crippen LogP contribution in [0.1, 0.15) is 43.4 Å². The molecule has 0 unspecified atom stereocenters. The van der Waals surface area contributed by atoms with Gasteiger partial charge in [-0.3, -0.25) is 9.69 Å². The number of aliphatic hydroxyl groups is 1. The molecule has 0 atom stereocenters. The smallest absolute Gasteiger partial charge is 0.267 e. The first-order valence-electron chi connectivity index (χ1n) is 8.66. The van der Waals surface area contributed by atoms with E-state index in [2.05, 4.69) is 10.00 Å². The number of β-amino-alcohol motifs (C(OH)–C–C–N with tert-alkyl or cyclic N) is 1. The molecule has 4 rings (SSSR count). The number of hydrogen-bond acceptors (Lipinski definition) is 4. The molecule has 1 saturated carbocycles. The molecule has 0 amide bonds. The van der Waals surface area contributed by atoms with Gasteiger partial charge in [-0.25, -0.2) is 4.68 Å². The second-order valence-electron chi connectivity index (χ2n) is 7.48. The molecule has 1 aliphatic heterocycles. The lowest BCUT2D eigenvalue weighted by Gasteiger charge is -2.47. The normalized spacial score (nSPS) is 24.4. The Morgan fingerprint density at radius 1 is 1.23 bits per heavy atom. The first-order chi connectivity index (χ1) is 10.6. The second kappa shape index (κ2) is 5.46. The van der Waals surface area contributed by atoms with Gasteiger partial charge in [-0.15, -0.1) is 0 Å². The SMILES string of the molecule is O=c1cc2c(nn1CC1CN(CC3(O)CCC3)C1)CCCC2. The fourth-order valence-electron chi connectivity index (χ4n) is 4.06. The van der Waals surface area contributed by atoms with Gasteiger partial charge in [0.2, 0.25) is 0 Å². The lowest BCUT2D eigenvalue weighted by Crippen LogP contribution is -2.57. The summed E-state index contributed by atoms with van der Waals surface area (Å²) in [4.78, 5) is 14.5. The highest BCUT2D eigenvalue weighted by Crippen LogP contribution is 2.34. The molecule has 0 bridgehead atoms. The van der Waals surface area contributed by atoms with Gasteiger partial charge < -0.3 is 5.11 Å². The minimum Gasteiger partial charge on any atom is -0.389 e. The predicted octanol–water partition coefficient (Wildman–Crippen LogP) is 0.969. The van der Waals surface area contributed by atoms with E-state index in [0.29, 0.717) is 5.92 Å². The zero-order chi connectivity index (χ0) is 15.2. The van der Waals surface area contributed by atoms with E-state index in [-0.39, 0.29) is 5.56 Å². The van der Waals surface area contributed by atoms with Crippen molar-refractivity contribution in [2.24, 2.45) is 5.92 Å². The van der Waals surface area contributed by atoms with Gasteiger partial charge in [0.15, 0.2) is 0 Å². The summed E-state index contributed by atoms with van der Waals surface area (Å²) in [6.45, 7) is 3.48. The van der Waals surface area contributed by atoms with Crippen molar-refractivity contribution in [2.45, 2.75) is 57.1 Å². The molecule has 0 spiro atoms. The van der Waals surface area contributed by atoms with Crippen LogP contribution in [0.15, 0.2) is 10.9 Å². The molecule has 1 saturated heterocycles. The van der Waals surface area contributed by atoms with Crippen molar-refractivity contribution in [3.63, 3.8) is 0 Å². The van der Waals surface area contributed by atoms with Crippen molar-refractivity contribution in [3.05, 3.63) is 27.7 Å². The summed E-state index contributed by atoms with van der Waals surface area (Å²) in [5.41, 5.74) is 1.92. The third-order valence-corrected chi connectivity index (χ3v) is 5.54. The molecule has 1 N–H and O–H groups in total. The van der Waals surface area contributed by atoms with Crippen LogP contribution in [0.3, 0.4) is 0 Å². The van der Waals surface area contributed by atoms with Crippen molar-refractivity contribution in [1.29, 1.82) is 0 Å². The fraction of sp³-hybridized carbons (Fsp3) is 0.765. The van der Waals surface area contributed by atoms with Crippen LogP contribution in [0.5, 0.6) is 0 Å². The Balaban J connectivity index is 1.36. The van der Waals surface area contributed by atoms with Crippen LogP contribution < -0.4 is 5.56 Å². The quantitative estimate of drug-likeness (QED) is 0.900. The molecule has 120 valence electrons. The summed E-state index contributed by atoms with van der Waals surface area (Å²) >= 11 is 0. The van der Waals surface area contributed by atoms with Gasteiger partial charge in [0.25, 0.3) is 5.56 Å². The molecular formula is C17H25N3O2. The maximum absolute atomic E-state index is 12.2. The summed E-state index contributed by atoms with van der Waals surface area (Å²) in [7, 11) is 0. The molecule has 0 radical (unpaired) electrons. The van der Waals surface area contributed by atoms with Crippen LogP contribution in [0.2, 0.25) is 0 Å². The molecule has 5 nitrogen and oxygen atoms in total. The second-order valence-corrected chi connectivity index (χ2v) is 7.48. The summed E-state index contributed by atoms with van der Waals surface area (Å²) in [6, 6.07) is 1.80. The Morgan fingerprint density at radius 2 is 2.00 bits per heavy atom. The maximum Gasteiger partial charge on any atom is 0.267 e. The summed E-state index contributed by atoms with van der Waals surface area (Å²) in [5, 5.41) is 14.8. The maximum atomic E-state index is 12.2. The number of hydrogen-bond donors (Lipinski definition) is 1. The number of likely N-dealkylation sites (tertiary alicyclic amines) is 1. The van der Waals surface area contributed by atoms with E-state index < -0.39 is 5.60 Å². The Hall–Kier alpha value is -1.20. The summed E-state index contributed by atoms with van der Waals surface area (Å²) < 4.78 is 1.67. The minimum absolute atomic E-state index is 0.0525. The van der Waals surface area contributed by atoms with Gasteiger partial charge in [-0.05, 0) is 50.5 Å². The Morgan fingerprint density at radius 3 is 2.73 bits per heavy atom. The largest absolute Gasteiger partial charge is 0.389 e. The first kappa shape index (κ1) is 14.4. The molecule has 0 aromatic carbocycles. The summed E-state index contributed by atoms with van der Waals surface area (Å²) in [6.07, 6.45) is 7.43. The van der Waals surface area contributed by atoms with Crippen LogP contribution in [0, 0.1) is 5.92 Å². The number of rotatable bonds is 4. The van der Waals surface area contributed by atoms with Gasteiger partial charge in [-0.1, -0.05) is 0 Å². The van der Waals surface area contributed by atoms with Gasteiger partial charge >= 0.3 is 0 Å². The van der Waals surface area contributed by atoms with Gasteiger partial charge in [0.05, 0.1) is 17.8 Å². The molecule has 3 aliphatic rings. The van der Waals surface area contributed by atoms with Crippen LogP contribution >= 0.6 is 0 Å². The van der Waals surface area contributed by atoms with Crippen molar-refractivity contribution < 1.29 is 5.11 Å². The molecule has 2 fully saturated rings. The third-order valence-electron chi connectivity index (χ3n) is 5.54. The lowest BCUT2D eigenvalue weighted by atomic mass is 9.79. The monoisotopic (exact) mass is 303 g/mol.